The SMILES string of the molecule is O=C(CS(=O)(=O)C=Cc1ccccc1)N1CCC(N2CC(c3ccccc3)OC2=O)CC1. The molecule has 0 saturated carbocycles. The average Bonchev–Trinajstić information content (AvgIpc) is 3.20. The zero-order chi connectivity index (χ0) is 22.6. The van der Waals surface area contributed by atoms with Crippen molar-refractivity contribution in [2.24, 2.45) is 0 Å². The number of carbonyl (C=O) groups is 2. The predicted molar refractivity (Wildman–Crippen MR) is 121 cm³/mol. The Balaban J connectivity index is 1.29. The zero-order valence-corrected chi connectivity index (χ0v) is 18.5. The number of rotatable bonds is 6. The van der Waals surface area contributed by atoms with Gasteiger partial charge in [0, 0.05) is 24.5 Å². The van der Waals surface area contributed by atoms with Crippen LogP contribution < -0.4 is 0 Å². The lowest BCUT2D eigenvalue weighted by Crippen LogP contribution is -2.48. The first-order chi connectivity index (χ1) is 15.4. The summed E-state index contributed by atoms with van der Waals surface area (Å²) in [5.74, 6) is -0.963. The summed E-state index contributed by atoms with van der Waals surface area (Å²) >= 11 is 0. The fraction of sp³-hybridized carbons (Fsp3) is 0.333. The van der Waals surface area contributed by atoms with Gasteiger partial charge in [-0.3, -0.25) is 4.79 Å². The molecule has 0 aromatic heterocycles. The summed E-state index contributed by atoms with van der Waals surface area (Å²) in [7, 11) is -3.66. The van der Waals surface area contributed by atoms with Gasteiger partial charge in [0.15, 0.2) is 9.84 Å². The van der Waals surface area contributed by atoms with E-state index in [2.05, 4.69) is 0 Å². The lowest BCUT2D eigenvalue weighted by molar-refractivity contribution is -0.129. The molecule has 2 saturated heterocycles. The van der Waals surface area contributed by atoms with E-state index in [0.29, 0.717) is 32.5 Å². The molecule has 2 aromatic carbocycles. The highest BCUT2D eigenvalue weighted by molar-refractivity contribution is 7.95. The molecule has 32 heavy (non-hydrogen) atoms. The summed E-state index contributed by atoms with van der Waals surface area (Å²) in [5, 5.41) is 1.09. The van der Waals surface area contributed by atoms with Gasteiger partial charge in [-0.25, -0.2) is 13.2 Å². The molecule has 1 unspecified atom stereocenters. The molecule has 0 N–H and O–H groups in total. The molecule has 2 amide bonds. The second-order valence-corrected chi connectivity index (χ2v) is 9.95. The Morgan fingerprint density at radius 3 is 2.28 bits per heavy atom. The fourth-order valence-electron chi connectivity index (χ4n) is 4.10. The number of piperidine rings is 1. The van der Waals surface area contributed by atoms with Gasteiger partial charge in [0.2, 0.25) is 5.91 Å². The van der Waals surface area contributed by atoms with Gasteiger partial charge in [0.1, 0.15) is 11.9 Å². The van der Waals surface area contributed by atoms with E-state index in [1.54, 1.807) is 21.9 Å². The summed E-state index contributed by atoms with van der Waals surface area (Å²) in [5.41, 5.74) is 1.72. The van der Waals surface area contributed by atoms with Crippen molar-refractivity contribution in [3.05, 3.63) is 77.2 Å². The Labute approximate surface area is 188 Å². The van der Waals surface area contributed by atoms with Gasteiger partial charge >= 0.3 is 6.09 Å². The van der Waals surface area contributed by atoms with E-state index in [1.165, 1.54) is 6.08 Å². The monoisotopic (exact) mass is 454 g/mol. The highest BCUT2D eigenvalue weighted by Crippen LogP contribution is 2.30. The van der Waals surface area contributed by atoms with Crippen LogP contribution in [0.2, 0.25) is 0 Å². The third-order valence-electron chi connectivity index (χ3n) is 5.86. The number of amides is 2. The fourth-order valence-corrected chi connectivity index (χ4v) is 5.09. The molecule has 2 heterocycles. The highest BCUT2D eigenvalue weighted by atomic mass is 32.2. The maximum Gasteiger partial charge on any atom is 0.410 e. The van der Waals surface area contributed by atoms with E-state index in [0.717, 1.165) is 16.5 Å². The van der Waals surface area contributed by atoms with Crippen LogP contribution in [-0.2, 0) is 19.4 Å². The molecule has 0 bridgehead atoms. The Kier molecular flexibility index (Phi) is 6.60. The van der Waals surface area contributed by atoms with Crippen LogP contribution in [0.15, 0.2) is 66.1 Å². The van der Waals surface area contributed by atoms with Gasteiger partial charge in [-0.1, -0.05) is 60.7 Å². The van der Waals surface area contributed by atoms with Gasteiger partial charge in [-0.2, -0.15) is 0 Å². The molecular formula is C24H26N2O5S. The average molecular weight is 455 g/mol. The first-order valence-electron chi connectivity index (χ1n) is 10.7. The van der Waals surface area contributed by atoms with Crippen molar-refractivity contribution in [3.63, 3.8) is 0 Å². The molecule has 4 rings (SSSR count). The van der Waals surface area contributed by atoms with Gasteiger partial charge in [-0.05, 0) is 30.0 Å². The number of sulfone groups is 1. The van der Waals surface area contributed by atoms with Crippen LogP contribution >= 0.6 is 0 Å². The zero-order valence-electron chi connectivity index (χ0n) is 17.7. The van der Waals surface area contributed by atoms with E-state index in [-0.39, 0.29) is 18.2 Å². The summed E-state index contributed by atoms with van der Waals surface area (Å²) in [6.45, 7) is 1.32. The molecule has 168 valence electrons. The van der Waals surface area contributed by atoms with Crippen molar-refractivity contribution >= 4 is 27.9 Å². The first kappa shape index (κ1) is 22.1. The van der Waals surface area contributed by atoms with Gasteiger partial charge in [-0.15, -0.1) is 0 Å². The van der Waals surface area contributed by atoms with Crippen LogP contribution in [0.25, 0.3) is 6.08 Å². The van der Waals surface area contributed by atoms with Gasteiger partial charge in [0.25, 0.3) is 0 Å². The summed E-state index contributed by atoms with van der Waals surface area (Å²) in [4.78, 5) is 28.3. The van der Waals surface area contributed by atoms with Gasteiger partial charge in [0.05, 0.1) is 6.54 Å². The standard InChI is InChI=1S/C24H26N2O5S/c27-23(18-32(29,30)16-13-19-7-3-1-4-8-19)25-14-11-21(12-15-25)26-17-22(31-24(26)28)20-9-5-2-6-10-20/h1-10,13,16,21-22H,11-12,14-15,17-18H2. The molecule has 0 radical (unpaired) electrons. The van der Waals surface area contributed by atoms with Crippen molar-refractivity contribution in [3.8, 4) is 0 Å². The van der Waals surface area contributed by atoms with Crippen molar-refractivity contribution in [2.75, 3.05) is 25.4 Å². The van der Waals surface area contributed by atoms with Gasteiger partial charge < -0.3 is 14.5 Å². The molecule has 0 aliphatic carbocycles. The number of hydrogen-bond acceptors (Lipinski definition) is 5. The summed E-state index contributed by atoms with van der Waals surface area (Å²) in [6.07, 6.45) is 2.07. The quantitative estimate of drug-likeness (QED) is 0.669. The molecule has 2 aliphatic heterocycles. The minimum absolute atomic E-state index is 0.0187. The number of hydrogen-bond donors (Lipinski definition) is 0. The predicted octanol–water partition coefficient (Wildman–Crippen LogP) is 3.26. The van der Waals surface area contributed by atoms with E-state index >= 15 is 0 Å². The Morgan fingerprint density at radius 1 is 1.00 bits per heavy atom. The molecule has 8 heteroatoms. The molecule has 0 spiro atoms. The molecule has 2 aliphatic rings. The number of benzene rings is 2. The van der Waals surface area contributed by atoms with Crippen molar-refractivity contribution in [2.45, 2.75) is 25.0 Å². The molecule has 2 fully saturated rings. The smallest absolute Gasteiger partial charge is 0.410 e. The Bertz CT molecular complexity index is 1080. The molecule has 7 nitrogen and oxygen atoms in total. The van der Waals surface area contributed by atoms with E-state index in [4.69, 9.17) is 4.74 Å². The summed E-state index contributed by atoms with van der Waals surface area (Å²) in [6, 6.07) is 18.7. The Hall–Kier alpha value is -3.13. The number of likely N-dealkylation sites (tertiary alicyclic amines) is 1. The maximum absolute atomic E-state index is 12.6. The van der Waals surface area contributed by atoms with Crippen LogP contribution in [0.1, 0.15) is 30.1 Å². The lowest BCUT2D eigenvalue weighted by Gasteiger charge is -2.35. The number of cyclic esters (lactones) is 1. The molecule has 1 atom stereocenters. The summed E-state index contributed by atoms with van der Waals surface area (Å²) < 4.78 is 30.2. The van der Waals surface area contributed by atoms with Crippen LogP contribution in [-0.4, -0.2) is 61.6 Å². The first-order valence-corrected chi connectivity index (χ1v) is 12.4. The lowest BCUT2D eigenvalue weighted by atomic mass is 10.0. The van der Waals surface area contributed by atoms with Crippen molar-refractivity contribution in [1.29, 1.82) is 0 Å². The minimum atomic E-state index is -3.66. The van der Waals surface area contributed by atoms with Crippen molar-refractivity contribution in [1.82, 2.24) is 9.80 Å². The van der Waals surface area contributed by atoms with Crippen LogP contribution in [0.4, 0.5) is 4.79 Å². The van der Waals surface area contributed by atoms with Crippen LogP contribution in [0.5, 0.6) is 0 Å². The van der Waals surface area contributed by atoms with E-state index in [1.807, 2.05) is 48.5 Å². The van der Waals surface area contributed by atoms with Crippen LogP contribution in [0, 0.1) is 0 Å². The second kappa shape index (κ2) is 9.56. The minimum Gasteiger partial charge on any atom is -0.439 e. The third-order valence-corrected chi connectivity index (χ3v) is 7.06. The van der Waals surface area contributed by atoms with Crippen LogP contribution in [0.3, 0.4) is 0 Å². The largest absolute Gasteiger partial charge is 0.439 e. The number of carbonyl (C=O) groups excluding carboxylic acids is 2. The number of ether oxygens (including phenoxy) is 1. The third kappa shape index (κ3) is 5.37. The molecule has 2 aromatic rings. The maximum atomic E-state index is 12.6. The Morgan fingerprint density at radius 2 is 1.62 bits per heavy atom. The number of nitrogens with zero attached hydrogens (tertiary/aromatic N) is 2. The van der Waals surface area contributed by atoms with E-state index in [9.17, 15) is 18.0 Å². The topological polar surface area (TPSA) is 84.0 Å². The second-order valence-electron chi connectivity index (χ2n) is 8.07. The molecular weight excluding hydrogens is 428 g/mol. The van der Waals surface area contributed by atoms with Crippen molar-refractivity contribution < 1.29 is 22.7 Å². The normalized spacial score (nSPS) is 20.0. The highest BCUT2D eigenvalue weighted by Gasteiger charge is 2.38. The van der Waals surface area contributed by atoms with E-state index < -0.39 is 21.5 Å².